The zero-order chi connectivity index (χ0) is 16.3. The highest BCUT2D eigenvalue weighted by atomic mass is 16.5. The van der Waals surface area contributed by atoms with E-state index in [0.717, 1.165) is 0 Å². The van der Waals surface area contributed by atoms with Gasteiger partial charge in [0.15, 0.2) is 0 Å². The summed E-state index contributed by atoms with van der Waals surface area (Å²) in [5.74, 6) is 0.554. The van der Waals surface area contributed by atoms with Crippen LogP contribution in [0.1, 0.15) is 27.2 Å². The standard InChI is InChI=1S/C16H23N3O3/c1-11(2)16(3)14(20)19(15(21)18-16)8-5-9-22-13-7-4-6-12(17)10-13/h4,6-7,10-11H,5,8-9,17H2,1-3H3,(H,18,21). The number of hydrogen-bond donors (Lipinski definition) is 2. The molecule has 1 aromatic carbocycles. The van der Waals surface area contributed by atoms with Crippen LogP contribution in [-0.4, -0.2) is 35.5 Å². The topological polar surface area (TPSA) is 84.7 Å². The second kappa shape index (κ2) is 6.25. The van der Waals surface area contributed by atoms with Crippen molar-refractivity contribution in [2.75, 3.05) is 18.9 Å². The molecule has 1 heterocycles. The van der Waals surface area contributed by atoms with Crippen molar-refractivity contribution in [3.8, 4) is 5.75 Å². The number of nitrogens with zero attached hydrogens (tertiary/aromatic N) is 1. The normalized spacial score (nSPS) is 21.4. The van der Waals surface area contributed by atoms with Gasteiger partial charge in [0.05, 0.1) is 6.61 Å². The van der Waals surface area contributed by atoms with Crippen LogP contribution in [-0.2, 0) is 4.79 Å². The highest BCUT2D eigenvalue weighted by Gasteiger charge is 2.49. The predicted molar refractivity (Wildman–Crippen MR) is 84.5 cm³/mol. The van der Waals surface area contributed by atoms with E-state index in [1.54, 1.807) is 19.1 Å². The van der Waals surface area contributed by atoms with Crippen LogP contribution in [0.3, 0.4) is 0 Å². The van der Waals surface area contributed by atoms with Gasteiger partial charge in [-0.25, -0.2) is 4.79 Å². The summed E-state index contributed by atoms with van der Waals surface area (Å²) in [6.07, 6.45) is 0.572. The summed E-state index contributed by atoms with van der Waals surface area (Å²) in [6, 6.07) is 6.83. The molecule has 120 valence electrons. The van der Waals surface area contributed by atoms with Crippen molar-refractivity contribution in [3.05, 3.63) is 24.3 Å². The number of urea groups is 1. The Morgan fingerprint density at radius 3 is 2.68 bits per heavy atom. The Morgan fingerprint density at radius 1 is 1.36 bits per heavy atom. The van der Waals surface area contributed by atoms with Crippen molar-refractivity contribution in [1.82, 2.24) is 10.2 Å². The summed E-state index contributed by atoms with van der Waals surface area (Å²) >= 11 is 0. The van der Waals surface area contributed by atoms with E-state index in [0.29, 0.717) is 31.0 Å². The number of nitrogens with one attached hydrogen (secondary N) is 1. The molecule has 0 aliphatic carbocycles. The van der Waals surface area contributed by atoms with Crippen LogP contribution in [0.5, 0.6) is 5.75 Å². The largest absolute Gasteiger partial charge is 0.493 e. The Kier molecular flexibility index (Phi) is 4.59. The molecule has 1 unspecified atom stereocenters. The lowest BCUT2D eigenvalue weighted by Gasteiger charge is -2.25. The van der Waals surface area contributed by atoms with Crippen LogP contribution in [0, 0.1) is 5.92 Å². The minimum Gasteiger partial charge on any atom is -0.493 e. The molecule has 3 amide bonds. The third-order valence-electron chi connectivity index (χ3n) is 4.11. The van der Waals surface area contributed by atoms with Gasteiger partial charge in [-0.1, -0.05) is 19.9 Å². The molecule has 1 aliphatic rings. The molecular weight excluding hydrogens is 282 g/mol. The first-order chi connectivity index (χ1) is 10.3. The average Bonchev–Trinajstić information content (AvgIpc) is 2.67. The molecular formula is C16H23N3O3. The second-order valence-corrected chi connectivity index (χ2v) is 6.02. The van der Waals surface area contributed by atoms with Gasteiger partial charge in [-0.15, -0.1) is 0 Å². The first kappa shape index (κ1) is 16.1. The van der Waals surface area contributed by atoms with E-state index in [1.165, 1.54) is 4.90 Å². The summed E-state index contributed by atoms with van der Waals surface area (Å²) in [4.78, 5) is 25.6. The number of imide groups is 1. The maximum absolute atomic E-state index is 12.4. The number of benzene rings is 1. The lowest BCUT2D eigenvalue weighted by atomic mass is 9.88. The van der Waals surface area contributed by atoms with Crippen molar-refractivity contribution in [3.63, 3.8) is 0 Å². The number of ether oxygens (including phenoxy) is 1. The number of carbonyl (C=O) groups is 2. The van der Waals surface area contributed by atoms with E-state index in [1.807, 2.05) is 26.0 Å². The van der Waals surface area contributed by atoms with E-state index in [2.05, 4.69) is 5.32 Å². The molecule has 0 aromatic heterocycles. The number of amides is 3. The zero-order valence-electron chi connectivity index (χ0n) is 13.3. The van der Waals surface area contributed by atoms with Crippen molar-refractivity contribution in [1.29, 1.82) is 0 Å². The molecule has 1 atom stereocenters. The minimum absolute atomic E-state index is 0.0393. The van der Waals surface area contributed by atoms with Gasteiger partial charge in [-0.2, -0.15) is 0 Å². The number of rotatable bonds is 6. The quantitative estimate of drug-likeness (QED) is 0.478. The van der Waals surface area contributed by atoms with Crippen molar-refractivity contribution >= 4 is 17.6 Å². The fourth-order valence-electron chi connectivity index (χ4n) is 2.33. The molecule has 0 saturated carbocycles. The predicted octanol–water partition coefficient (Wildman–Crippen LogP) is 2.00. The van der Waals surface area contributed by atoms with Crippen LogP contribution in [0.4, 0.5) is 10.5 Å². The Morgan fingerprint density at radius 2 is 2.09 bits per heavy atom. The lowest BCUT2D eigenvalue weighted by Crippen LogP contribution is -2.48. The van der Waals surface area contributed by atoms with E-state index in [4.69, 9.17) is 10.5 Å². The van der Waals surface area contributed by atoms with Gasteiger partial charge in [-0.05, 0) is 31.4 Å². The number of anilines is 1. The van der Waals surface area contributed by atoms with Crippen LogP contribution in [0.2, 0.25) is 0 Å². The summed E-state index contributed by atoms with van der Waals surface area (Å²) in [6.45, 7) is 6.37. The van der Waals surface area contributed by atoms with Gasteiger partial charge >= 0.3 is 6.03 Å². The molecule has 2 rings (SSSR count). The van der Waals surface area contributed by atoms with E-state index < -0.39 is 5.54 Å². The molecule has 1 saturated heterocycles. The van der Waals surface area contributed by atoms with Crippen LogP contribution >= 0.6 is 0 Å². The van der Waals surface area contributed by atoms with Gasteiger partial charge in [0.25, 0.3) is 5.91 Å². The third kappa shape index (κ3) is 3.16. The van der Waals surface area contributed by atoms with Crippen molar-refractivity contribution in [2.24, 2.45) is 5.92 Å². The molecule has 1 aromatic rings. The zero-order valence-corrected chi connectivity index (χ0v) is 13.3. The van der Waals surface area contributed by atoms with Crippen molar-refractivity contribution in [2.45, 2.75) is 32.7 Å². The summed E-state index contributed by atoms with van der Waals surface area (Å²) < 4.78 is 5.57. The Balaban J connectivity index is 1.85. The maximum Gasteiger partial charge on any atom is 0.325 e. The highest BCUT2D eigenvalue weighted by molar-refractivity contribution is 6.06. The summed E-state index contributed by atoms with van der Waals surface area (Å²) in [5.41, 5.74) is 5.50. The molecule has 22 heavy (non-hydrogen) atoms. The molecule has 0 spiro atoms. The molecule has 0 bridgehead atoms. The first-order valence-corrected chi connectivity index (χ1v) is 7.47. The summed E-state index contributed by atoms with van der Waals surface area (Å²) in [7, 11) is 0. The van der Waals surface area contributed by atoms with Gasteiger partial charge in [0, 0.05) is 18.3 Å². The SMILES string of the molecule is CC(C)C1(C)NC(=O)N(CCCOc2cccc(N)c2)C1=O. The van der Waals surface area contributed by atoms with Gasteiger partial charge in [-0.3, -0.25) is 9.69 Å². The van der Waals surface area contributed by atoms with E-state index in [-0.39, 0.29) is 17.9 Å². The van der Waals surface area contributed by atoms with Crippen LogP contribution in [0.15, 0.2) is 24.3 Å². The molecule has 6 nitrogen and oxygen atoms in total. The summed E-state index contributed by atoms with van der Waals surface area (Å²) in [5, 5.41) is 2.78. The molecule has 1 aliphatic heterocycles. The molecule has 3 N–H and O–H groups in total. The number of nitrogens with two attached hydrogens (primary N) is 1. The van der Waals surface area contributed by atoms with Gasteiger partial charge in [0.2, 0.25) is 0 Å². The monoisotopic (exact) mass is 305 g/mol. The van der Waals surface area contributed by atoms with Crippen LogP contribution in [0.25, 0.3) is 0 Å². The van der Waals surface area contributed by atoms with Gasteiger partial charge in [0.1, 0.15) is 11.3 Å². The minimum atomic E-state index is -0.814. The Hall–Kier alpha value is -2.24. The molecule has 1 fully saturated rings. The maximum atomic E-state index is 12.4. The first-order valence-electron chi connectivity index (χ1n) is 7.47. The second-order valence-electron chi connectivity index (χ2n) is 6.02. The number of nitrogen functional groups attached to an aromatic ring is 1. The number of hydrogen-bond acceptors (Lipinski definition) is 4. The fraction of sp³-hybridized carbons (Fsp3) is 0.500. The average molecular weight is 305 g/mol. The molecule has 6 heteroatoms. The van der Waals surface area contributed by atoms with Gasteiger partial charge < -0.3 is 15.8 Å². The Bertz CT molecular complexity index is 574. The smallest absolute Gasteiger partial charge is 0.325 e. The molecule has 0 radical (unpaired) electrons. The number of carbonyl (C=O) groups excluding carboxylic acids is 2. The van der Waals surface area contributed by atoms with E-state index in [9.17, 15) is 9.59 Å². The third-order valence-corrected chi connectivity index (χ3v) is 4.11. The highest BCUT2D eigenvalue weighted by Crippen LogP contribution is 2.25. The lowest BCUT2D eigenvalue weighted by molar-refractivity contribution is -0.132. The fourth-order valence-corrected chi connectivity index (χ4v) is 2.33. The van der Waals surface area contributed by atoms with E-state index >= 15 is 0 Å². The van der Waals surface area contributed by atoms with Crippen LogP contribution < -0.4 is 15.8 Å². The van der Waals surface area contributed by atoms with Crippen molar-refractivity contribution < 1.29 is 14.3 Å². The Labute approximate surface area is 130 Å².